The van der Waals surface area contributed by atoms with Crippen LogP contribution in [0.5, 0.6) is 0 Å². The van der Waals surface area contributed by atoms with Crippen LogP contribution in [0.15, 0.2) is 6.20 Å². The second-order valence-corrected chi connectivity index (χ2v) is 2.79. The first-order chi connectivity index (χ1) is 6.99. The highest BCUT2D eigenvalue weighted by molar-refractivity contribution is 6.17. The molecule has 0 aliphatic carbocycles. The van der Waals surface area contributed by atoms with Crippen LogP contribution in [0.4, 0.5) is 18.9 Å². The fourth-order valence-electron chi connectivity index (χ4n) is 0.975. The average Bonchev–Trinajstić information content (AvgIpc) is 2.15. The summed E-state index contributed by atoms with van der Waals surface area (Å²) in [6.07, 6.45) is -2.43. The Morgan fingerprint density at radius 2 is 2.20 bits per heavy atom. The lowest BCUT2D eigenvalue weighted by Crippen LogP contribution is -2.04. The van der Waals surface area contributed by atoms with Crippen LogP contribution < -0.4 is 0 Å². The van der Waals surface area contributed by atoms with E-state index in [1.807, 2.05) is 0 Å². The highest BCUT2D eigenvalue weighted by Gasteiger charge is 2.28. The third-order valence-electron chi connectivity index (χ3n) is 1.63. The second-order valence-electron chi connectivity index (χ2n) is 2.52. The summed E-state index contributed by atoms with van der Waals surface area (Å²) in [7, 11) is 0. The molecule has 0 N–H and O–H groups in total. The molecule has 0 unspecified atom stereocenters. The number of halogens is 4. The predicted octanol–water partition coefficient (Wildman–Crippen LogP) is 2.81. The van der Waals surface area contributed by atoms with Crippen molar-refractivity contribution in [1.29, 1.82) is 0 Å². The summed E-state index contributed by atoms with van der Waals surface area (Å²) in [5.74, 6) is -2.00. The Bertz CT molecular complexity index is 400. The van der Waals surface area contributed by atoms with Gasteiger partial charge in [0.15, 0.2) is 0 Å². The normalized spacial score (nSPS) is 10.7. The average molecular weight is 241 g/mol. The van der Waals surface area contributed by atoms with Crippen molar-refractivity contribution in [1.82, 2.24) is 4.98 Å². The van der Waals surface area contributed by atoms with Crippen LogP contribution in [0.3, 0.4) is 0 Å². The Labute approximate surface area is 86.8 Å². The molecule has 0 spiro atoms. The molecule has 1 aromatic rings. The van der Waals surface area contributed by atoms with Gasteiger partial charge in [0.25, 0.3) is 6.43 Å². The lowest BCUT2D eigenvalue weighted by molar-refractivity contribution is -0.388. The lowest BCUT2D eigenvalue weighted by Gasteiger charge is -2.04. The molecule has 0 aliphatic heterocycles. The van der Waals surface area contributed by atoms with E-state index in [4.69, 9.17) is 11.6 Å². The van der Waals surface area contributed by atoms with Crippen LogP contribution in [-0.2, 0) is 5.88 Å². The number of hydrogen-bond acceptors (Lipinski definition) is 3. The van der Waals surface area contributed by atoms with Crippen LogP contribution >= 0.6 is 11.6 Å². The maximum Gasteiger partial charge on any atom is 0.312 e. The predicted molar refractivity (Wildman–Crippen MR) is 45.4 cm³/mol. The molecule has 0 amide bonds. The highest BCUT2D eigenvalue weighted by Crippen LogP contribution is 2.29. The van der Waals surface area contributed by atoms with Gasteiger partial charge in [-0.1, -0.05) is 0 Å². The minimum absolute atomic E-state index is 0.233. The van der Waals surface area contributed by atoms with Gasteiger partial charge in [0.1, 0.15) is 5.69 Å². The van der Waals surface area contributed by atoms with E-state index in [1.54, 1.807) is 0 Å². The van der Waals surface area contributed by atoms with Crippen molar-refractivity contribution in [2.75, 3.05) is 0 Å². The Morgan fingerprint density at radius 3 is 2.60 bits per heavy atom. The Hall–Kier alpha value is -1.37. The monoisotopic (exact) mass is 240 g/mol. The summed E-state index contributed by atoms with van der Waals surface area (Å²) in [5.41, 5.74) is -2.52. The van der Waals surface area contributed by atoms with E-state index in [0.717, 1.165) is 6.20 Å². The number of nitro groups is 1. The molecule has 4 nitrogen and oxygen atoms in total. The van der Waals surface area contributed by atoms with E-state index >= 15 is 0 Å². The molecule has 8 heteroatoms. The van der Waals surface area contributed by atoms with Crippen molar-refractivity contribution in [2.24, 2.45) is 0 Å². The molecule has 1 rings (SSSR count). The van der Waals surface area contributed by atoms with Gasteiger partial charge in [0, 0.05) is 6.20 Å². The molecule has 0 saturated carbocycles. The first kappa shape index (κ1) is 11.7. The fourth-order valence-corrected chi connectivity index (χ4v) is 1.17. The van der Waals surface area contributed by atoms with E-state index in [-0.39, 0.29) is 11.4 Å². The molecule has 0 aliphatic rings. The largest absolute Gasteiger partial charge is 0.312 e. The van der Waals surface area contributed by atoms with Gasteiger partial charge in [-0.2, -0.15) is 4.39 Å². The van der Waals surface area contributed by atoms with Crippen LogP contribution in [0.1, 0.15) is 17.7 Å². The van der Waals surface area contributed by atoms with Crippen molar-refractivity contribution in [3.8, 4) is 0 Å². The molecule has 0 radical (unpaired) electrons. The second kappa shape index (κ2) is 4.43. The van der Waals surface area contributed by atoms with Gasteiger partial charge in [0.2, 0.25) is 5.82 Å². The number of pyridine rings is 1. The molecule has 15 heavy (non-hydrogen) atoms. The summed E-state index contributed by atoms with van der Waals surface area (Å²) in [6.45, 7) is 0. The van der Waals surface area contributed by atoms with Gasteiger partial charge in [-0.3, -0.25) is 15.1 Å². The molecular weight excluding hydrogens is 237 g/mol. The minimum atomic E-state index is -3.20. The van der Waals surface area contributed by atoms with Gasteiger partial charge in [-0.15, -0.1) is 11.6 Å². The summed E-state index contributed by atoms with van der Waals surface area (Å²) >= 11 is 5.28. The van der Waals surface area contributed by atoms with Crippen molar-refractivity contribution < 1.29 is 18.1 Å². The number of alkyl halides is 3. The molecule has 0 fully saturated rings. The van der Waals surface area contributed by atoms with E-state index in [2.05, 4.69) is 4.98 Å². The Kier molecular flexibility index (Phi) is 3.46. The van der Waals surface area contributed by atoms with E-state index in [0.29, 0.717) is 0 Å². The minimum Gasteiger partial charge on any atom is -0.258 e. The molecule has 0 atom stereocenters. The Balaban J connectivity index is 3.42. The smallest absolute Gasteiger partial charge is 0.258 e. The van der Waals surface area contributed by atoms with Gasteiger partial charge in [-0.05, 0) is 0 Å². The van der Waals surface area contributed by atoms with Crippen molar-refractivity contribution in [3.05, 3.63) is 33.4 Å². The van der Waals surface area contributed by atoms with Crippen molar-refractivity contribution >= 4 is 17.3 Å². The summed E-state index contributed by atoms with van der Waals surface area (Å²) < 4.78 is 37.5. The zero-order valence-electron chi connectivity index (χ0n) is 7.08. The molecule has 1 heterocycles. The van der Waals surface area contributed by atoms with Crippen LogP contribution in [-0.4, -0.2) is 9.91 Å². The first-order valence-corrected chi connectivity index (χ1v) is 4.18. The van der Waals surface area contributed by atoms with Crippen LogP contribution in [0.2, 0.25) is 0 Å². The molecule has 0 aromatic carbocycles. The standard InChI is InChI=1S/C7H4ClF3N2O2/c8-1-3-2-12-5(7(10)11)4(9)6(3)13(14)15/h2,7H,1H2. The number of hydrogen-bond donors (Lipinski definition) is 0. The van der Waals surface area contributed by atoms with E-state index in [9.17, 15) is 23.3 Å². The maximum atomic E-state index is 13.2. The molecule has 0 bridgehead atoms. The zero-order chi connectivity index (χ0) is 11.6. The fraction of sp³-hybridized carbons (Fsp3) is 0.286. The van der Waals surface area contributed by atoms with Crippen molar-refractivity contribution in [2.45, 2.75) is 12.3 Å². The lowest BCUT2D eigenvalue weighted by atomic mass is 10.2. The molecule has 1 aromatic heterocycles. The molecular formula is C7H4ClF3N2O2. The summed E-state index contributed by atoms with van der Waals surface area (Å²) in [4.78, 5) is 12.4. The van der Waals surface area contributed by atoms with Gasteiger partial charge >= 0.3 is 5.69 Å². The van der Waals surface area contributed by atoms with E-state index < -0.39 is 28.5 Å². The van der Waals surface area contributed by atoms with Gasteiger partial charge in [0.05, 0.1) is 16.4 Å². The third kappa shape index (κ3) is 2.17. The first-order valence-electron chi connectivity index (χ1n) is 3.64. The van der Waals surface area contributed by atoms with E-state index in [1.165, 1.54) is 0 Å². The quantitative estimate of drug-likeness (QED) is 0.464. The zero-order valence-corrected chi connectivity index (χ0v) is 7.84. The maximum absolute atomic E-state index is 13.2. The number of aromatic nitrogens is 1. The number of rotatable bonds is 3. The summed E-state index contributed by atoms with van der Waals surface area (Å²) in [5, 5.41) is 10.4. The van der Waals surface area contributed by atoms with Crippen LogP contribution in [0.25, 0.3) is 0 Å². The molecule has 0 saturated heterocycles. The highest BCUT2D eigenvalue weighted by atomic mass is 35.5. The SMILES string of the molecule is O=[N+]([O-])c1c(CCl)cnc(C(F)F)c1F. The molecule has 82 valence electrons. The third-order valence-corrected chi connectivity index (χ3v) is 1.92. The number of nitrogens with zero attached hydrogens (tertiary/aromatic N) is 2. The van der Waals surface area contributed by atoms with Crippen LogP contribution in [0, 0.1) is 15.9 Å². The van der Waals surface area contributed by atoms with Gasteiger partial charge < -0.3 is 0 Å². The van der Waals surface area contributed by atoms with Crippen molar-refractivity contribution in [3.63, 3.8) is 0 Å². The van der Waals surface area contributed by atoms with Gasteiger partial charge in [-0.25, -0.2) is 8.78 Å². The topological polar surface area (TPSA) is 56.0 Å². The Morgan fingerprint density at radius 1 is 1.60 bits per heavy atom. The summed E-state index contributed by atoms with van der Waals surface area (Å²) in [6, 6.07) is 0.